The maximum absolute atomic E-state index is 12.8. The van der Waals surface area contributed by atoms with E-state index in [0.29, 0.717) is 5.75 Å². The fourth-order valence-corrected chi connectivity index (χ4v) is 11.6. The summed E-state index contributed by atoms with van der Waals surface area (Å²) in [5, 5.41) is 0. The summed E-state index contributed by atoms with van der Waals surface area (Å²) in [5.74, 6) is 0.429. The first-order chi connectivity index (χ1) is 8.09. The zero-order valence-corrected chi connectivity index (χ0v) is 13.0. The Kier molecular flexibility index (Phi) is 7.19. The average Bonchev–Trinajstić information content (AvgIpc) is 2.30. The van der Waals surface area contributed by atoms with Crippen molar-refractivity contribution in [2.24, 2.45) is 0 Å². The van der Waals surface area contributed by atoms with E-state index < -0.39 is 9.65 Å². The summed E-state index contributed by atoms with van der Waals surface area (Å²) < 4.78 is 23.3. The van der Waals surface area contributed by atoms with E-state index in [1.165, 1.54) is 23.5 Å². The SMILES string of the molecule is C=CCSP(=S)(SCF)Sc1ccc(F)cc1. The van der Waals surface area contributed by atoms with Crippen molar-refractivity contribution in [2.75, 3.05) is 11.8 Å². The Morgan fingerprint density at radius 1 is 1.29 bits per heavy atom. The summed E-state index contributed by atoms with van der Waals surface area (Å²) >= 11 is 9.67. The molecule has 0 bridgehead atoms. The Bertz CT molecular complexity index is 407. The number of hydrogen-bond acceptors (Lipinski definition) is 4. The number of alkyl halides is 1. The number of rotatable bonds is 7. The van der Waals surface area contributed by atoms with Gasteiger partial charge in [0.2, 0.25) is 0 Å². The lowest BCUT2D eigenvalue weighted by atomic mass is 10.4. The van der Waals surface area contributed by atoms with Gasteiger partial charge in [-0.05, 0) is 24.3 Å². The van der Waals surface area contributed by atoms with Crippen molar-refractivity contribution >= 4 is 49.6 Å². The molecule has 1 rings (SSSR count). The molecule has 0 aliphatic heterocycles. The minimum Gasteiger partial charge on any atom is -0.239 e. The van der Waals surface area contributed by atoms with Crippen LogP contribution in [0.3, 0.4) is 0 Å². The van der Waals surface area contributed by atoms with Gasteiger partial charge in [0.25, 0.3) is 0 Å². The van der Waals surface area contributed by atoms with Crippen molar-refractivity contribution in [2.45, 2.75) is 4.90 Å². The normalized spacial score (nSPS) is 14.2. The van der Waals surface area contributed by atoms with Crippen molar-refractivity contribution in [3.63, 3.8) is 0 Å². The van der Waals surface area contributed by atoms with Gasteiger partial charge in [-0.1, -0.05) is 52.0 Å². The third-order valence-corrected chi connectivity index (χ3v) is 15.1. The lowest BCUT2D eigenvalue weighted by Gasteiger charge is -2.17. The fourth-order valence-electron chi connectivity index (χ4n) is 0.918. The van der Waals surface area contributed by atoms with Crippen molar-refractivity contribution in [1.29, 1.82) is 0 Å². The van der Waals surface area contributed by atoms with E-state index in [2.05, 4.69) is 6.58 Å². The van der Waals surface area contributed by atoms with E-state index in [4.69, 9.17) is 11.8 Å². The molecule has 0 spiro atoms. The van der Waals surface area contributed by atoms with Crippen LogP contribution in [0.15, 0.2) is 41.8 Å². The monoisotopic (exact) mass is 328 g/mol. The highest BCUT2D eigenvalue weighted by Crippen LogP contribution is 2.79. The van der Waals surface area contributed by atoms with E-state index in [9.17, 15) is 8.78 Å². The minimum atomic E-state index is -1.96. The first-order valence-corrected chi connectivity index (χ1v) is 12.0. The maximum Gasteiger partial charge on any atom is 0.141 e. The molecule has 7 heteroatoms. The van der Waals surface area contributed by atoms with Gasteiger partial charge in [-0.15, -0.1) is 6.58 Å². The van der Waals surface area contributed by atoms with Crippen LogP contribution in [0.2, 0.25) is 0 Å². The van der Waals surface area contributed by atoms with Gasteiger partial charge in [0.15, 0.2) is 0 Å². The van der Waals surface area contributed by atoms with Crippen molar-refractivity contribution in [3.05, 3.63) is 42.7 Å². The summed E-state index contributed by atoms with van der Waals surface area (Å²) in [5.41, 5.74) is 0. The van der Waals surface area contributed by atoms with Crippen molar-refractivity contribution in [1.82, 2.24) is 0 Å². The van der Waals surface area contributed by atoms with Crippen LogP contribution in [-0.4, -0.2) is 11.8 Å². The highest BCUT2D eigenvalue weighted by molar-refractivity contribution is 9.23. The van der Waals surface area contributed by atoms with Gasteiger partial charge in [0.1, 0.15) is 15.5 Å². The molecule has 0 saturated carbocycles. The summed E-state index contributed by atoms with van der Waals surface area (Å²) in [4.78, 5) is 0.882. The number of halogens is 2. The highest BCUT2D eigenvalue weighted by atomic mass is 33.5. The van der Waals surface area contributed by atoms with Crippen LogP contribution in [0, 0.1) is 5.82 Å². The van der Waals surface area contributed by atoms with E-state index in [0.717, 1.165) is 16.3 Å². The van der Waals surface area contributed by atoms with Crippen LogP contribution in [0.25, 0.3) is 0 Å². The van der Waals surface area contributed by atoms with Crippen LogP contribution in [0.5, 0.6) is 0 Å². The van der Waals surface area contributed by atoms with E-state index in [1.54, 1.807) is 29.6 Å². The van der Waals surface area contributed by atoms with Gasteiger partial charge in [-0.3, -0.25) is 0 Å². The van der Waals surface area contributed by atoms with Gasteiger partial charge in [0.05, 0.1) is 0 Å². The molecule has 0 N–H and O–H groups in total. The van der Waals surface area contributed by atoms with Gasteiger partial charge in [-0.2, -0.15) is 0 Å². The largest absolute Gasteiger partial charge is 0.239 e. The molecule has 0 fully saturated rings. The molecule has 1 atom stereocenters. The van der Waals surface area contributed by atoms with Gasteiger partial charge in [0, 0.05) is 10.6 Å². The smallest absolute Gasteiger partial charge is 0.141 e. The number of hydrogen-bond donors (Lipinski definition) is 0. The van der Waals surface area contributed by atoms with Crippen LogP contribution in [-0.2, 0) is 11.8 Å². The topological polar surface area (TPSA) is 0 Å². The molecule has 0 aromatic heterocycles. The standard InChI is InChI=1S/C10H11F2PS4/c1-2-7-15-13(14,16-8-11)17-10-5-3-9(12)4-6-10/h2-6H,1,7-8H2. The third-order valence-electron chi connectivity index (χ3n) is 1.59. The summed E-state index contributed by atoms with van der Waals surface area (Å²) in [6, 6.07) is 5.64. The molecule has 0 radical (unpaired) electrons. The molecule has 0 nitrogen and oxygen atoms in total. The average molecular weight is 328 g/mol. The zero-order valence-electron chi connectivity index (χ0n) is 8.84. The van der Waals surface area contributed by atoms with Gasteiger partial charge >= 0.3 is 0 Å². The summed E-state index contributed by atoms with van der Waals surface area (Å²) in [6.45, 7) is 3.63. The van der Waals surface area contributed by atoms with E-state index in [-0.39, 0.29) is 5.82 Å². The molecule has 0 heterocycles. The molecule has 0 saturated heterocycles. The Morgan fingerprint density at radius 2 is 1.94 bits per heavy atom. The second-order valence-corrected chi connectivity index (χ2v) is 18.3. The van der Waals surface area contributed by atoms with Crippen LogP contribution in [0.1, 0.15) is 0 Å². The predicted molar refractivity (Wildman–Crippen MR) is 82.8 cm³/mol. The highest BCUT2D eigenvalue weighted by Gasteiger charge is 2.19. The molecule has 0 aliphatic rings. The van der Waals surface area contributed by atoms with Gasteiger partial charge in [-0.25, -0.2) is 8.78 Å². The predicted octanol–water partition coefficient (Wildman–Crippen LogP) is 5.72. The van der Waals surface area contributed by atoms with E-state index >= 15 is 0 Å². The second-order valence-electron chi connectivity index (χ2n) is 2.82. The molecule has 1 aromatic carbocycles. The van der Waals surface area contributed by atoms with Crippen molar-refractivity contribution < 1.29 is 8.78 Å². The molecular weight excluding hydrogens is 317 g/mol. The molecule has 17 heavy (non-hydrogen) atoms. The third kappa shape index (κ3) is 5.79. The molecule has 1 unspecified atom stereocenters. The molecule has 1 aromatic rings. The minimum absolute atomic E-state index is 0.278. The first kappa shape index (κ1) is 15.6. The van der Waals surface area contributed by atoms with Crippen LogP contribution < -0.4 is 0 Å². The molecule has 0 amide bonds. The maximum atomic E-state index is 12.8. The lowest BCUT2D eigenvalue weighted by Crippen LogP contribution is -1.75. The lowest BCUT2D eigenvalue weighted by molar-refractivity contribution is 0.608. The first-order valence-electron chi connectivity index (χ1n) is 4.61. The van der Waals surface area contributed by atoms with Crippen LogP contribution in [0.4, 0.5) is 8.78 Å². The Morgan fingerprint density at radius 3 is 2.47 bits per heavy atom. The quantitative estimate of drug-likeness (QED) is 0.463. The Hall–Kier alpha value is 0.520. The summed E-state index contributed by atoms with van der Waals surface area (Å²) in [7, 11) is 0. The van der Waals surface area contributed by atoms with Crippen molar-refractivity contribution in [3.8, 4) is 0 Å². The van der Waals surface area contributed by atoms with E-state index in [1.807, 2.05) is 0 Å². The van der Waals surface area contributed by atoms with Gasteiger partial charge < -0.3 is 0 Å². The molecular formula is C10H11F2PS4. The molecule has 0 aliphatic carbocycles. The number of benzene rings is 1. The fraction of sp³-hybridized carbons (Fsp3) is 0.200. The summed E-state index contributed by atoms with van der Waals surface area (Å²) in [6.07, 6.45) is 1.76. The Labute approximate surface area is 117 Å². The van der Waals surface area contributed by atoms with Crippen LogP contribution >= 0.6 is 37.8 Å². The molecule has 94 valence electrons. The second kappa shape index (κ2) is 7.85. The zero-order chi connectivity index (χ0) is 12.7. The Balaban J connectivity index is 2.74.